The fourth-order valence-corrected chi connectivity index (χ4v) is 2.19. The van der Waals surface area contributed by atoms with Crippen molar-refractivity contribution in [3.63, 3.8) is 0 Å². The van der Waals surface area contributed by atoms with Crippen molar-refractivity contribution in [3.05, 3.63) is 53.1 Å². The first-order valence-corrected chi connectivity index (χ1v) is 6.62. The summed E-state index contributed by atoms with van der Waals surface area (Å²) in [5, 5.41) is 4.99. The van der Waals surface area contributed by atoms with Crippen LogP contribution < -0.4 is 10.6 Å². The number of hydrogen-bond donors (Lipinski definition) is 1. The number of carbonyl (C=O) groups excluding carboxylic acids is 1. The molecule has 2 N–H and O–H groups in total. The number of amides is 1. The molecule has 0 aliphatic carbocycles. The molecular weight excluding hydrogens is 290 g/mol. The van der Waals surface area contributed by atoms with Crippen LogP contribution in [0.1, 0.15) is 10.4 Å². The minimum Gasteiger partial charge on any atom is -0.380 e. The van der Waals surface area contributed by atoms with E-state index >= 15 is 0 Å². The highest BCUT2D eigenvalue weighted by Crippen LogP contribution is 2.23. The molecule has 1 aromatic heterocycles. The quantitative estimate of drug-likeness (QED) is 0.788. The lowest BCUT2D eigenvalue weighted by Crippen LogP contribution is -2.26. The zero-order valence-corrected chi connectivity index (χ0v) is 12.0. The summed E-state index contributed by atoms with van der Waals surface area (Å²) in [6.07, 6.45) is 0. The second-order valence-electron chi connectivity index (χ2n) is 4.62. The van der Waals surface area contributed by atoms with E-state index in [1.54, 1.807) is 49.5 Å². The summed E-state index contributed by atoms with van der Waals surface area (Å²) < 4.78 is 5.08. The molecule has 0 unspecified atom stereocenters. The molecule has 0 atom stereocenters. The Morgan fingerprint density at radius 1 is 1.24 bits per heavy atom. The third-order valence-electron chi connectivity index (χ3n) is 3.27. The lowest BCUT2D eigenvalue weighted by Gasteiger charge is -2.17. The SMILES string of the molecule is CN(C(=O)c1ccc2c(N)noc2c1)c1ccc(Cl)cc1. The molecule has 0 spiro atoms. The van der Waals surface area contributed by atoms with Crippen LogP contribution in [0.15, 0.2) is 47.0 Å². The van der Waals surface area contributed by atoms with Crippen molar-refractivity contribution in [1.82, 2.24) is 5.16 Å². The van der Waals surface area contributed by atoms with Gasteiger partial charge in [-0.15, -0.1) is 0 Å². The van der Waals surface area contributed by atoms with Crippen molar-refractivity contribution in [1.29, 1.82) is 0 Å². The molecule has 1 heterocycles. The second-order valence-corrected chi connectivity index (χ2v) is 5.06. The molecule has 0 radical (unpaired) electrons. The monoisotopic (exact) mass is 301 g/mol. The Morgan fingerprint density at radius 2 is 1.95 bits per heavy atom. The summed E-state index contributed by atoms with van der Waals surface area (Å²) in [5.41, 5.74) is 7.39. The van der Waals surface area contributed by atoms with Crippen LogP contribution in [0.25, 0.3) is 11.0 Å². The minimum atomic E-state index is -0.158. The zero-order chi connectivity index (χ0) is 15.0. The number of hydrogen-bond acceptors (Lipinski definition) is 4. The van der Waals surface area contributed by atoms with E-state index in [-0.39, 0.29) is 5.91 Å². The third kappa shape index (κ3) is 2.43. The maximum absolute atomic E-state index is 12.5. The van der Waals surface area contributed by atoms with E-state index in [2.05, 4.69) is 5.16 Å². The molecule has 0 aliphatic rings. The highest BCUT2D eigenvalue weighted by atomic mass is 35.5. The molecule has 6 heteroatoms. The van der Waals surface area contributed by atoms with Crippen molar-refractivity contribution < 1.29 is 9.32 Å². The fraction of sp³-hybridized carbons (Fsp3) is 0.0667. The molecule has 5 nitrogen and oxygen atoms in total. The molecule has 1 amide bonds. The van der Waals surface area contributed by atoms with Gasteiger partial charge >= 0.3 is 0 Å². The maximum Gasteiger partial charge on any atom is 0.258 e. The summed E-state index contributed by atoms with van der Waals surface area (Å²) in [6.45, 7) is 0. The van der Waals surface area contributed by atoms with E-state index in [4.69, 9.17) is 21.9 Å². The van der Waals surface area contributed by atoms with Crippen molar-refractivity contribution in [2.45, 2.75) is 0 Å². The number of aromatic nitrogens is 1. The molecule has 0 bridgehead atoms. The summed E-state index contributed by atoms with van der Waals surface area (Å²) in [7, 11) is 1.70. The van der Waals surface area contributed by atoms with Gasteiger partial charge in [-0.25, -0.2) is 0 Å². The van der Waals surface area contributed by atoms with Crippen LogP contribution in [0.5, 0.6) is 0 Å². The Morgan fingerprint density at radius 3 is 2.67 bits per heavy atom. The van der Waals surface area contributed by atoms with Crippen LogP contribution >= 0.6 is 11.6 Å². The lowest BCUT2D eigenvalue weighted by atomic mass is 10.1. The molecule has 106 valence electrons. The molecule has 3 rings (SSSR count). The van der Waals surface area contributed by atoms with Gasteiger partial charge in [-0.05, 0) is 42.5 Å². The average molecular weight is 302 g/mol. The van der Waals surface area contributed by atoms with E-state index in [9.17, 15) is 4.79 Å². The van der Waals surface area contributed by atoms with Crippen molar-refractivity contribution >= 4 is 40.0 Å². The van der Waals surface area contributed by atoms with Gasteiger partial charge in [-0.2, -0.15) is 0 Å². The molecule has 3 aromatic rings. The maximum atomic E-state index is 12.5. The van der Waals surface area contributed by atoms with Gasteiger partial charge in [-0.3, -0.25) is 4.79 Å². The molecule has 0 saturated heterocycles. The summed E-state index contributed by atoms with van der Waals surface area (Å²) in [4.78, 5) is 14.0. The predicted octanol–water partition coefficient (Wildman–Crippen LogP) is 3.34. The summed E-state index contributed by atoms with van der Waals surface area (Å²) >= 11 is 5.85. The van der Waals surface area contributed by atoms with E-state index in [1.807, 2.05) is 0 Å². The molecule has 2 aromatic carbocycles. The van der Waals surface area contributed by atoms with Gasteiger partial charge in [0.25, 0.3) is 5.91 Å². The number of nitrogen functional groups attached to an aromatic ring is 1. The van der Waals surface area contributed by atoms with E-state index in [0.717, 1.165) is 5.69 Å². The summed E-state index contributed by atoms with van der Waals surface area (Å²) in [5.74, 6) is 0.157. The normalized spacial score (nSPS) is 10.8. The Hall–Kier alpha value is -2.53. The van der Waals surface area contributed by atoms with Gasteiger partial charge in [0.05, 0.1) is 5.39 Å². The first kappa shape index (κ1) is 13.5. The highest BCUT2D eigenvalue weighted by molar-refractivity contribution is 6.30. The zero-order valence-electron chi connectivity index (χ0n) is 11.2. The van der Waals surface area contributed by atoms with E-state index in [0.29, 0.717) is 27.4 Å². The number of nitrogens with zero attached hydrogens (tertiary/aromatic N) is 2. The Labute approximate surface area is 125 Å². The molecular formula is C15H12ClN3O2. The van der Waals surface area contributed by atoms with Crippen LogP contribution in [0.2, 0.25) is 5.02 Å². The van der Waals surface area contributed by atoms with Crippen LogP contribution in [0.3, 0.4) is 0 Å². The van der Waals surface area contributed by atoms with E-state index < -0.39 is 0 Å². The van der Waals surface area contributed by atoms with Crippen LogP contribution in [-0.4, -0.2) is 18.1 Å². The highest BCUT2D eigenvalue weighted by Gasteiger charge is 2.15. The number of nitrogens with two attached hydrogens (primary N) is 1. The number of halogens is 1. The number of fused-ring (bicyclic) bond motifs is 1. The fourth-order valence-electron chi connectivity index (χ4n) is 2.07. The standard InChI is InChI=1S/C15H12ClN3O2/c1-19(11-5-3-10(16)4-6-11)15(20)9-2-7-12-13(8-9)21-18-14(12)17/h2-8H,1H3,(H2,17,18). The van der Waals surface area contributed by atoms with Gasteiger partial charge in [0.2, 0.25) is 0 Å². The van der Waals surface area contributed by atoms with Crippen molar-refractivity contribution in [2.24, 2.45) is 0 Å². The van der Waals surface area contributed by atoms with Gasteiger partial charge in [0.1, 0.15) is 0 Å². The molecule has 0 saturated carbocycles. The second kappa shape index (κ2) is 5.10. The molecule has 0 fully saturated rings. The third-order valence-corrected chi connectivity index (χ3v) is 3.52. The van der Waals surface area contributed by atoms with Crippen LogP contribution in [0.4, 0.5) is 11.5 Å². The van der Waals surface area contributed by atoms with Gasteiger partial charge in [0, 0.05) is 23.3 Å². The van der Waals surface area contributed by atoms with Crippen LogP contribution in [-0.2, 0) is 0 Å². The Bertz CT molecular complexity index is 811. The number of anilines is 2. The topological polar surface area (TPSA) is 72.4 Å². The van der Waals surface area contributed by atoms with Crippen molar-refractivity contribution in [3.8, 4) is 0 Å². The molecule has 0 aliphatic heterocycles. The predicted molar refractivity (Wildman–Crippen MR) is 82.6 cm³/mol. The van der Waals surface area contributed by atoms with Crippen LogP contribution in [0, 0.1) is 0 Å². The molecule has 21 heavy (non-hydrogen) atoms. The summed E-state index contributed by atoms with van der Waals surface area (Å²) in [6, 6.07) is 12.1. The number of carbonyl (C=O) groups is 1. The first-order valence-electron chi connectivity index (χ1n) is 6.25. The number of benzene rings is 2. The van der Waals surface area contributed by atoms with E-state index in [1.165, 1.54) is 4.90 Å². The minimum absolute atomic E-state index is 0.158. The largest absolute Gasteiger partial charge is 0.380 e. The lowest BCUT2D eigenvalue weighted by molar-refractivity contribution is 0.0993. The Kier molecular flexibility index (Phi) is 3.27. The average Bonchev–Trinajstić information content (AvgIpc) is 2.87. The van der Waals surface area contributed by atoms with Gasteiger partial charge in [-0.1, -0.05) is 16.8 Å². The first-order chi connectivity index (χ1) is 10.1. The Balaban J connectivity index is 1.93. The van der Waals surface area contributed by atoms with Gasteiger partial charge in [0.15, 0.2) is 11.4 Å². The smallest absolute Gasteiger partial charge is 0.258 e. The van der Waals surface area contributed by atoms with Gasteiger partial charge < -0.3 is 15.2 Å². The number of rotatable bonds is 2. The van der Waals surface area contributed by atoms with Crippen molar-refractivity contribution in [2.75, 3.05) is 17.7 Å².